The highest BCUT2D eigenvalue weighted by atomic mass is 16.7. The normalized spacial score (nSPS) is 11.3. The molecule has 0 spiro atoms. The third kappa shape index (κ3) is 17.6. The Morgan fingerprint density at radius 3 is 1.23 bits per heavy atom. The minimum atomic E-state index is -0.197. The number of hydrogen-bond donors (Lipinski definition) is 2. The van der Waals surface area contributed by atoms with E-state index in [0.717, 1.165) is 64.2 Å². The van der Waals surface area contributed by atoms with Crippen LogP contribution in [0.5, 0.6) is 0 Å². The van der Waals surface area contributed by atoms with E-state index in [1.54, 1.807) is 28.4 Å². The van der Waals surface area contributed by atoms with Gasteiger partial charge in [-0.3, -0.25) is 9.59 Å². The van der Waals surface area contributed by atoms with Gasteiger partial charge in [-0.2, -0.15) is 0 Å². The number of nitrogens with one attached hydrogen (secondary N) is 2. The summed E-state index contributed by atoms with van der Waals surface area (Å²) in [7, 11) is 6.46. The molecule has 0 aliphatic rings. The van der Waals surface area contributed by atoms with Crippen LogP contribution in [0.15, 0.2) is 0 Å². The van der Waals surface area contributed by atoms with Crippen molar-refractivity contribution < 1.29 is 28.5 Å². The zero-order valence-electron chi connectivity index (χ0n) is 19.5. The summed E-state index contributed by atoms with van der Waals surface area (Å²) < 4.78 is 20.4. The smallest absolute Gasteiger partial charge is 0.219 e. The minimum Gasteiger partial charge on any atom is -0.356 e. The zero-order valence-corrected chi connectivity index (χ0v) is 19.5. The van der Waals surface area contributed by atoms with Crippen molar-refractivity contribution in [1.82, 2.24) is 10.6 Å². The summed E-state index contributed by atoms with van der Waals surface area (Å²) in [5, 5.41) is 5.87. The van der Waals surface area contributed by atoms with E-state index in [1.165, 1.54) is 0 Å². The van der Waals surface area contributed by atoms with Crippen LogP contribution in [0, 0.1) is 0 Å². The van der Waals surface area contributed by atoms with Crippen molar-refractivity contribution in [2.75, 3.05) is 41.5 Å². The van der Waals surface area contributed by atoms with Gasteiger partial charge in [0.2, 0.25) is 11.8 Å². The molecule has 178 valence electrons. The highest BCUT2D eigenvalue weighted by Gasteiger charge is 2.07. The van der Waals surface area contributed by atoms with Crippen LogP contribution in [0.2, 0.25) is 0 Å². The van der Waals surface area contributed by atoms with Gasteiger partial charge < -0.3 is 29.6 Å². The van der Waals surface area contributed by atoms with Gasteiger partial charge in [-0.05, 0) is 25.7 Å². The lowest BCUT2D eigenvalue weighted by Gasteiger charge is -2.13. The molecule has 0 heterocycles. The standard InChI is InChI=1S/C22H44N2O6/c1-27-21(28-2)15-11-17-23-19(25)13-9-7-5-6-8-10-14-20(26)24-18-12-16-22(29-3)30-4/h21-22H,5-18H2,1-4H3,(H,23,25)(H,24,26). The lowest BCUT2D eigenvalue weighted by molar-refractivity contribution is -0.122. The molecule has 0 bridgehead atoms. The molecule has 0 aliphatic heterocycles. The molecule has 2 N–H and O–H groups in total. The predicted molar refractivity (Wildman–Crippen MR) is 117 cm³/mol. The highest BCUT2D eigenvalue weighted by Crippen LogP contribution is 2.09. The van der Waals surface area contributed by atoms with Crippen LogP contribution >= 0.6 is 0 Å². The number of methoxy groups -OCH3 is 4. The summed E-state index contributed by atoms with van der Waals surface area (Å²) in [6.45, 7) is 1.31. The van der Waals surface area contributed by atoms with Gasteiger partial charge in [0.15, 0.2) is 12.6 Å². The molecule has 0 aliphatic carbocycles. The van der Waals surface area contributed by atoms with Crippen molar-refractivity contribution in [3.05, 3.63) is 0 Å². The second-order valence-corrected chi connectivity index (χ2v) is 7.41. The molecule has 30 heavy (non-hydrogen) atoms. The second-order valence-electron chi connectivity index (χ2n) is 7.41. The van der Waals surface area contributed by atoms with Crippen molar-refractivity contribution in [3.63, 3.8) is 0 Å². The Bertz CT molecular complexity index is 376. The fourth-order valence-corrected chi connectivity index (χ4v) is 3.11. The molecule has 0 saturated carbocycles. The topological polar surface area (TPSA) is 95.1 Å². The van der Waals surface area contributed by atoms with Crippen molar-refractivity contribution in [3.8, 4) is 0 Å². The van der Waals surface area contributed by atoms with Gasteiger partial charge in [0.05, 0.1) is 0 Å². The molecule has 0 radical (unpaired) electrons. The fourth-order valence-electron chi connectivity index (χ4n) is 3.11. The molecule has 2 amide bonds. The number of carbonyl (C=O) groups excluding carboxylic acids is 2. The van der Waals surface area contributed by atoms with Gasteiger partial charge in [-0.15, -0.1) is 0 Å². The van der Waals surface area contributed by atoms with E-state index < -0.39 is 0 Å². The van der Waals surface area contributed by atoms with Crippen LogP contribution < -0.4 is 10.6 Å². The number of unbranched alkanes of at least 4 members (excludes halogenated alkanes) is 5. The average Bonchev–Trinajstić information content (AvgIpc) is 2.75. The highest BCUT2D eigenvalue weighted by molar-refractivity contribution is 5.76. The molecule has 0 fully saturated rings. The molecular formula is C22H44N2O6. The van der Waals surface area contributed by atoms with E-state index >= 15 is 0 Å². The lowest BCUT2D eigenvalue weighted by atomic mass is 10.1. The van der Waals surface area contributed by atoms with E-state index in [-0.39, 0.29) is 24.4 Å². The summed E-state index contributed by atoms with van der Waals surface area (Å²) in [6.07, 6.45) is 10.1. The third-order valence-corrected chi connectivity index (χ3v) is 4.99. The quantitative estimate of drug-likeness (QED) is 0.214. The van der Waals surface area contributed by atoms with E-state index in [4.69, 9.17) is 18.9 Å². The maximum atomic E-state index is 11.8. The molecule has 0 aromatic heterocycles. The van der Waals surface area contributed by atoms with Gasteiger partial charge in [-0.1, -0.05) is 25.7 Å². The van der Waals surface area contributed by atoms with Crippen molar-refractivity contribution >= 4 is 11.8 Å². The van der Waals surface area contributed by atoms with Crippen LogP contribution in [-0.2, 0) is 28.5 Å². The Kier molecular flexibility index (Phi) is 20.2. The Labute approximate surface area is 182 Å². The summed E-state index contributed by atoms with van der Waals surface area (Å²) in [4.78, 5) is 23.6. The largest absolute Gasteiger partial charge is 0.356 e. The molecule has 0 atom stereocenters. The first-order chi connectivity index (χ1) is 14.6. The van der Waals surface area contributed by atoms with Crippen molar-refractivity contribution in [2.24, 2.45) is 0 Å². The number of amides is 2. The fraction of sp³-hybridized carbons (Fsp3) is 0.909. The second kappa shape index (κ2) is 21.0. The monoisotopic (exact) mass is 432 g/mol. The number of hydrogen-bond acceptors (Lipinski definition) is 6. The molecule has 0 aromatic carbocycles. The van der Waals surface area contributed by atoms with Gasteiger partial charge >= 0.3 is 0 Å². The first-order valence-electron chi connectivity index (χ1n) is 11.2. The van der Waals surface area contributed by atoms with Crippen LogP contribution in [0.1, 0.15) is 77.0 Å². The number of carbonyl (C=O) groups is 2. The van der Waals surface area contributed by atoms with E-state index in [0.29, 0.717) is 25.9 Å². The Balaban J connectivity index is 3.40. The molecule has 0 aromatic rings. The van der Waals surface area contributed by atoms with Crippen LogP contribution in [0.25, 0.3) is 0 Å². The van der Waals surface area contributed by atoms with E-state index in [1.807, 2.05) is 0 Å². The summed E-state index contributed by atoms with van der Waals surface area (Å²) in [5.74, 6) is 0.223. The maximum absolute atomic E-state index is 11.8. The number of ether oxygens (including phenoxy) is 4. The minimum absolute atomic E-state index is 0.111. The summed E-state index contributed by atoms with van der Waals surface area (Å²) in [5.41, 5.74) is 0. The average molecular weight is 433 g/mol. The summed E-state index contributed by atoms with van der Waals surface area (Å²) >= 11 is 0. The maximum Gasteiger partial charge on any atom is 0.219 e. The Hall–Kier alpha value is -1.22. The van der Waals surface area contributed by atoms with Crippen LogP contribution in [0.4, 0.5) is 0 Å². The Morgan fingerprint density at radius 1 is 0.567 bits per heavy atom. The molecular weight excluding hydrogens is 388 g/mol. The zero-order chi connectivity index (χ0) is 22.5. The molecule has 0 unspecified atom stereocenters. The van der Waals surface area contributed by atoms with Gasteiger partial charge in [-0.25, -0.2) is 0 Å². The van der Waals surface area contributed by atoms with Crippen molar-refractivity contribution in [1.29, 1.82) is 0 Å². The van der Waals surface area contributed by atoms with Gasteiger partial charge in [0.25, 0.3) is 0 Å². The first-order valence-corrected chi connectivity index (χ1v) is 11.2. The summed E-state index contributed by atoms with van der Waals surface area (Å²) in [6, 6.07) is 0. The SMILES string of the molecule is COC(CCCNC(=O)CCCCCCCCC(=O)NCCCC(OC)OC)OC. The van der Waals surface area contributed by atoms with Gasteiger partial charge in [0.1, 0.15) is 0 Å². The number of rotatable bonds is 21. The van der Waals surface area contributed by atoms with E-state index in [2.05, 4.69) is 10.6 Å². The first kappa shape index (κ1) is 28.8. The Morgan fingerprint density at radius 2 is 0.900 bits per heavy atom. The van der Waals surface area contributed by atoms with Crippen molar-refractivity contribution in [2.45, 2.75) is 89.6 Å². The van der Waals surface area contributed by atoms with Gasteiger partial charge in [0, 0.05) is 67.2 Å². The van der Waals surface area contributed by atoms with Crippen LogP contribution in [0.3, 0.4) is 0 Å². The lowest BCUT2D eigenvalue weighted by Crippen LogP contribution is -2.25. The predicted octanol–water partition coefficient (Wildman–Crippen LogP) is 3.14. The molecule has 0 rings (SSSR count). The molecule has 8 heteroatoms. The van der Waals surface area contributed by atoms with E-state index in [9.17, 15) is 9.59 Å². The molecule has 8 nitrogen and oxygen atoms in total. The van der Waals surface area contributed by atoms with Crippen LogP contribution in [-0.4, -0.2) is 65.9 Å². The molecule has 0 saturated heterocycles. The third-order valence-electron chi connectivity index (χ3n) is 4.99.